The first-order valence-electron chi connectivity index (χ1n) is 5.32. The van der Waals surface area contributed by atoms with Crippen LogP contribution >= 0.6 is 0 Å². The maximum Gasteiger partial charge on any atom is 0.178 e. The van der Waals surface area contributed by atoms with Crippen LogP contribution in [0.2, 0.25) is 0 Å². The molecule has 1 aromatic rings. The molecule has 1 unspecified atom stereocenters. The molecule has 1 N–H and O–H groups in total. The molecule has 1 heterocycles. The fourth-order valence-corrected chi connectivity index (χ4v) is 1.26. The Kier molecular flexibility index (Phi) is 4.43. The number of rotatable bonds is 5. The normalized spacial score (nSPS) is 12.5. The van der Waals surface area contributed by atoms with E-state index in [2.05, 4.69) is 24.1 Å². The van der Waals surface area contributed by atoms with Crippen molar-refractivity contribution in [2.75, 3.05) is 6.54 Å². The summed E-state index contributed by atoms with van der Waals surface area (Å²) in [6.45, 7) is 6.49. The summed E-state index contributed by atoms with van der Waals surface area (Å²) in [5.41, 5.74) is 1.70. The topological polar surface area (TPSA) is 42.0 Å². The second-order valence-corrected chi connectivity index (χ2v) is 3.80. The van der Waals surface area contributed by atoms with Gasteiger partial charge in [-0.1, -0.05) is 6.92 Å². The average Bonchev–Trinajstić information content (AvgIpc) is 2.26. The Morgan fingerprint density at radius 1 is 1.60 bits per heavy atom. The largest absolute Gasteiger partial charge is 0.307 e. The zero-order valence-electron chi connectivity index (χ0n) is 9.58. The van der Waals surface area contributed by atoms with Crippen LogP contribution in [0.4, 0.5) is 0 Å². The van der Waals surface area contributed by atoms with Gasteiger partial charge in [0.15, 0.2) is 5.78 Å². The maximum atomic E-state index is 11.8. The molecule has 0 saturated carbocycles. The summed E-state index contributed by atoms with van der Waals surface area (Å²) in [5, 5.41) is 3.18. The van der Waals surface area contributed by atoms with Gasteiger partial charge in [0.05, 0.1) is 6.54 Å². The molecular weight excluding hydrogens is 188 g/mol. The fourth-order valence-electron chi connectivity index (χ4n) is 1.26. The first-order chi connectivity index (χ1) is 7.15. The van der Waals surface area contributed by atoms with E-state index in [1.54, 1.807) is 12.4 Å². The molecule has 0 aliphatic carbocycles. The van der Waals surface area contributed by atoms with Crippen molar-refractivity contribution in [3.63, 3.8) is 0 Å². The lowest BCUT2D eigenvalue weighted by molar-refractivity contribution is 0.0986. The number of Topliss-reactive ketones (excluding diaryl/α,β-unsaturated/α-hetero) is 1. The van der Waals surface area contributed by atoms with Crippen molar-refractivity contribution < 1.29 is 4.79 Å². The van der Waals surface area contributed by atoms with Crippen molar-refractivity contribution >= 4 is 5.78 Å². The molecule has 15 heavy (non-hydrogen) atoms. The zero-order chi connectivity index (χ0) is 11.3. The van der Waals surface area contributed by atoms with Gasteiger partial charge in [-0.2, -0.15) is 0 Å². The molecule has 3 heteroatoms. The lowest BCUT2D eigenvalue weighted by atomic mass is 10.1. The van der Waals surface area contributed by atoms with Crippen LogP contribution in [0, 0.1) is 6.92 Å². The van der Waals surface area contributed by atoms with Crippen LogP contribution in [-0.4, -0.2) is 23.4 Å². The van der Waals surface area contributed by atoms with Gasteiger partial charge in [0.1, 0.15) is 0 Å². The van der Waals surface area contributed by atoms with E-state index in [9.17, 15) is 4.79 Å². The summed E-state index contributed by atoms with van der Waals surface area (Å²) in [6.07, 6.45) is 4.36. The number of nitrogens with zero attached hydrogens (tertiary/aromatic N) is 1. The van der Waals surface area contributed by atoms with Crippen LogP contribution < -0.4 is 5.32 Å². The quantitative estimate of drug-likeness (QED) is 0.749. The molecule has 0 fully saturated rings. The van der Waals surface area contributed by atoms with Gasteiger partial charge in [0.25, 0.3) is 0 Å². The van der Waals surface area contributed by atoms with E-state index >= 15 is 0 Å². The van der Waals surface area contributed by atoms with E-state index in [0.717, 1.165) is 12.0 Å². The Balaban J connectivity index is 2.58. The van der Waals surface area contributed by atoms with E-state index in [0.29, 0.717) is 18.2 Å². The predicted molar refractivity (Wildman–Crippen MR) is 61.1 cm³/mol. The van der Waals surface area contributed by atoms with Crippen LogP contribution in [0.1, 0.15) is 36.2 Å². The number of pyridine rings is 1. The highest BCUT2D eigenvalue weighted by Crippen LogP contribution is 2.05. The van der Waals surface area contributed by atoms with Gasteiger partial charge in [-0.25, -0.2) is 0 Å². The molecular formula is C12H18N2O. The minimum Gasteiger partial charge on any atom is -0.307 e. The van der Waals surface area contributed by atoms with Crippen LogP contribution in [0.3, 0.4) is 0 Å². The maximum absolute atomic E-state index is 11.8. The van der Waals surface area contributed by atoms with Gasteiger partial charge in [-0.05, 0) is 31.9 Å². The number of carbonyl (C=O) groups excluding carboxylic acids is 1. The molecule has 0 aromatic carbocycles. The van der Waals surface area contributed by atoms with Gasteiger partial charge >= 0.3 is 0 Å². The van der Waals surface area contributed by atoms with Crippen molar-refractivity contribution in [3.05, 3.63) is 29.6 Å². The highest BCUT2D eigenvalue weighted by Gasteiger charge is 2.09. The average molecular weight is 206 g/mol. The third-order valence-corrected chi connectivity index (χ3v) is 2.56. The van der Waals surface area contributed by atoms with E-state index in [1.807, 2.05) is 13.0 Å². The Morgan fingerprint density at radius 2 is 2.33 bits per heavy atom. The van der Waals surface area contributed by atoms with Crippen LogP contribution in [0.25, 0.3) is 0 Å². The second kappa shape index (κ2) is 5.61. The van der Waals surface area contributed by atoms with E-state index in [-0.39, 0.29) is 5.78 Å². The minimum absolute atomic E-state index is 0.112. The van der Waals surface area contributed by atoms with Crippen molar-refractivity contribution in [2.24, 2.45) is 0 Å². The van der Waals surface area contributed by atoms with Crippen molar-refractivity contribution in [3.8, 4) is 0 Å². The van der Waals surface area contributed by atoms with Crippen LogP contribution in [0.15, 0.2) is 18.5 Å². The Morgan fingerprint density at radius 3 is 2.93 bits per heavy atom. The third kappa shape index (κ3) is 3.44. The van der Waals surface area contributed by atoms with Gasteiger partial charge in [0, 0.05) is 24.0 Å². The molecule has 3 nitrogen and oxygen atoms in total. The molecule has 0 aliphatic rings. The van der Waals surface area contributed by atoms with Crippen LogP contribution in [0.5, 0.6) is 0 Å². The summed E-state index contributed by atoms with van der Waals surface area (Å²) in [6, 6.07) is 2.24. The molecule has 0 aliphatic heterocycles. The van der Waals surface area contributed by atoms with Crippen LogP contribution in [-0.2, 0) is 0 Å². The highest BCUT2D eigenvalue weighted by molar-refractivity contribution is 5.98. The third-order valence-electron chi connectivity index (χ3n) is 2.56. The molecule has 82 valence electrons. The Hall–Kier alpha value is -1.22. The predicted octanol–water partition coefficient (Wildman–Crippen LogP) is 1.96. The number of aryl methyl sites for hydroxylation is 1. The molecule has 1 aromatic heterocycles. The molecule has 0 radical (unpaired) electrons. The standard InChI is InChI=1S/C12H18N2O/c1-4-10(3)14-8-12(15)11-7-13-6-5-9(11)2/h5-7,10,14H,4,8H2,1-3H3. The smallest absolute Gasteiger partial charge is 0.178 e. The second-order valence-electron chi connectivity index (χ2n) is 3.80. The number of nitrogens with one attached hydrogen (secondary N) is 1. The summed E-state index contributed by atoms with van der Waals surface area (Å²) in [7, 11) is 0. The summed E-state index contributed by atoms with van der Waals surface area (Å²) < 4.78 is 0. The van der Waals surface area contributed by atoms with Crippen molar-refractivity contribution in [1.29, 1.82) is 0 Å². The van der Waals surface area contributed by atoms with E-state index < -0.39 is 0 Å². The SMILES string of the molecule is CCC(C)NCC(=O)c1cnccc1C. The molecule has 0 saturated heterocycles. The first kappa shape index (κ1) is 11.9. The minimum atomic E-state index is 0.112. The van der Waals surface area contributed by atoms with Gasteiger partial charge in [-0.15, -0.1) is 0 Å². The number of hydrogen-bond donors (Lipinski definition) is 1. The monoisotopic (exact) mass is 206 g/mol. The zero-order valence-corrected chi connectivity index (χ0v) is 9.58. The number of aromatic nitrogens is 1. The van der Waals surface area contributed by atoms with Gasteiger partial charge in [-0.3, -0.25) is 9.78 Å². The molecule has 0 spiro atoms. The summed E-state index contributed by atoms with van der Waals surface area (Å²) in [5.74, 6) is 0.112. The van der Waals surface area contributed by atoms with Gasteiger partial charge in [0.2, 0.25) is 0 Å². The number of hydrogen-bond acceptors (Lipinski definition) is 3. The van der Waals surface area contributed by atoms with E-state index in [1.165, 1.54) is 0 Å². The highest BCUT2D eigenvalue weighted by atomic mass is 16.1. The van der Waals surface area contributed by atoms with Gasteiger partial charge < -0.3 is 5.32 Å². The number of carbonyl (C=O) groups is 1. The molecule has 1 atom stereocenters. The fraction of sp³-hybridized carbons (Fsp3) is 0.500. The van der Waals surface area contributed by atoms with Crippen molar-refractivity contribution in [1.82, 2.24) is 10.3 Å². The summed E-state index contributed by atoms with van der Waals surface area (Å²) in [4.78, 5) is 15.7. The van der Waals surface area contributed by atoms with Crippen molar-refractivity contribution in [2.45, 2.75) is 33.2 Å². The Labute approximate surface area is 90.9 Å². The number of ketones is 1. The lowest BCUT2D eigenvalue weighted by Crippen LogP contribution is -2.31. The first-order valence-corrected chi connectivity index (χ1v) is 5.32. The van der Waals surface area contributed by atoms with E-state index in [4.69, 9.17) is 0 Å². The Bertz CT molecular complexity index is 336. The summed E-state index contributed by atoms with van der Waals surface area (Å²) >= 11 is 0. The molecule has 0 bridgehead atoms. The lowest BCUT2D eigenvalue weighted by Gasteiger charge is -2.10. The molecule has 1 rings (SSSR count). The molecule has 0 amide bonds.